The van der Waals surface area contributed by atoms with Gasteiger partial charge in [-0.1, -0.05) is 0 Å². The van der Waals surface area contributed by atoms with E-state index in [4.69, 9.17) is 0 Å². The van der Waals surface area contributed by atoms with Gasteiger partial charge in [0, 0.05) is 0 Å². The van der Waals surface area contributed by atoms with Crippen molar-refractivity contribution in [3.8, 4) is 6.07 Å². The lowest BCUT2D eigenvalue weighted by atomic mass is 9.45. The van der Waals surface area contributed by atoms with Crippen LogP contribution in [0.1, 0.15) is 44.9 Å². The predicted molar refractivity (Wildman–Crippen MR) is 70.7 cm³/mol. The minimum atomic E-state index is 0.0356. The van der Waals surface area contributed by atoms with Crippen LogP contribution in [0.15, 0.2) is 0 Å². The van der Waals surface area contributed by atoms with E-state index in [1.807, 2.05) is 0 Å². The Morgan fingerprint density at radius 2 is 1.44 bits per heavy atom. The van der Waals surface area contributed by atoms with Gasteiger partial charge in [0.15, 0.2) is 0 Å². The van der Waals surface area contributed by atoms with Crippen LogP contribution < -0.4 is 5.32 Å². The first-order chi connectivity index (χ1) is 8.81. The molecule has 2 heteroatoms. The molecule has 5 rings (SSSR count). The lowest BCUT2D eigenvalue weighted by Gasteiger charge is -2.59. The summed E-state index contributed by atoms with van der Waals surface area (Å²) in [6.45, 7) is 2.13. The van der Waals surface area contributed by atoms with Gasteiger partial charge < -0.3 is 5.32 Å². The Balaban J connectivity index is 1.65. The highest BCUT2D eigenvalue weighted by Gasteiger charge is 2.55. The molecule has 1 heterocycles. The summed E-state index contributed by atoms with van der Waals surface area (Å²) in [5.41, 5.74) is 0.0356. The molecule has 18 heavy (non-hydrogen) atoms. The second-order valence-electron chi connectivity index (χ2n) is 7.47. The Bertz CT molecular complexity index is 347. The van der Waals surface area contributed by atoms with E-state index >= 15 is 0 Å². The van der Waals surface area contributed by atoms with Crippen LogP contribution in [0, 0.1) is 46.3 Å². The van der Waals surface area contributed by atoms with Crippen molar-refractivity contribution < 1.29 is 0 Å². The molecule has 0 radical (unpaired) electrons. The van der Waals surface area contributed by atoms with E-state index in [2.05, 4.69) is 11.4 Å². The van der Waals surface area contributed by atoms with Crippen LogP contribution >= 0.6 is 0 Å². The monoisotopic (exact) mass is 244 g/mol. The molecule has 0 aromatic rings. The van der Waals surface area contributed by atoms with E-state index in [0.717, 1.165) is 55.5 Å². The van der Waals surface area contributed by atoms with Crippen LogP contribution in [0.25, 0.3) is 0 Å². The molecule has 0 aromatic carbocycles. The molecule has 4 bridgehead atoms. The van der Waals surface area contributed by atoms with E-state index < -0.39 is 0 Å². The molecule has 0 aromatic heterocycles. The van der Waals surface area contributed by atoms with Gasteiger partial charge in [0.2, 0.25) is 0 Å². The van der Waals surface area contributed by atoms with E-state index in [1.165, 1.54) is 32.1 Å². The summed E-state index contributed by atoms with van der Waals surface area (Å²) in [5, 5.41) is 13.3. The van der Waals surface area contributed by atoms with Crippen LogP contribution in [0.5, 0.6) is 0 Å². The molecule has 4 aliphatic carbocycles. The first-order valence-corrected chi connectivity index (χ1v) is 7.93. The molecule has 5 fully saturated rings. The van der Waals surface area contributed by atoms with Gasteiger partial charge in [0.25, 0.3) is 0 Å². The van der Waals surface area contributed by atoms with Gasteiger partial charge in [0.1, 0.15) is 0 Å². The fourth-order valence-corrected chi connectivity index (χ4v) is 6.22. The van der Waals surface area contributed by atoms with Gasteiger partial charge in [0.05, 0.1) is 11.5 Å². The fraction of sp³-hybridized carbons (Fsp3) is 0.938. The third-order valence-electron chi connectivity index (χ3n) is 6.58. The molecule has 0 spiro atoms. The van der Waals surface area contributed by atoms with E-state index in [0.29, 0.717) is 0 Å². The largest absolute Gasteiger partial charge is 0.317 e. The van der Waals surface area contributed by atoms with Crippen LogP contribution in [0.3, 0.4) is 0 Å². The molecule has 4 saturated carbocycles. The van der Waals surface area contributed by atoms with Gasteiger partial charge in [-0.2, -0.15) is 5.26 Å². The van der Waals surface area contributed by atoms with E-state index in [9.17, 15) is 5.26 Å². The zero-order chi connectivity index (χ0) is 12.2. The SMILES string of the molecule is N#CC1(C2C3CC4CC(C3)CC2C4)CCNCC1. The van der Waals surface area contributed by atoms with Gasteiger partial charge >= 0.3 is 0 Å². The van der Waals surface area contributed by atoms with Crippen LogP contribution in [-0.2, 0) is 0 Å². The normalized spacial score (nSPS) is 48.9. The zero-order valence-corrected chi connectivity index (χ0v) is 11.2. The van der Waals surface area contributed by atoms with Crippen molar-refractivity contribution in [3.63, 3.8) is 0 Å². The second kappa shape index (κ2) is 3.97. The quantitative estimate of drug-likeness (QED) is 0.770. The maximum Gasteiger partial charge on any atom is 0.0693 e. The number of piperidine rings is 1. The lowest BCUT2D eigenvalue weighted by Crippen LogP contribution is -2.54. The minimum absolute atomic E-state index is 0.0356. The maximum absolute atomic E-state index is 9.85. The first kappa shape index (κ1) is 11.3. The average Bonchev–Trinajstić information content (AvgIpc) is 2.38. The third-order valence-corrected chi connectivity index (χ3v) is 6.58. The predicted octanol–water partition coefficient (Wildman–Crippen LogP) is 2.95. The van der Waals surface area contributed by atoms with E-state index in [1.54, 1.807) is 0 Å². The molecule has 1 aliphatic heterocycles. The highest BCUT2D eigenvalue weighted by molar-refractivity contribution is 5.12. The number of hydrogen-bond donors (Lipinski definition) is 1. The molecule has 98 valence electrons. The van der Waals surface area contributed by atoms with Crippen molar-refractivity contribution in [2.24, 2.45) is 35.0 Å². The molecule has 0 amide bonds. The summed E-state index contributed by atoms with van der Waals surface area (Å²) < 4.78 is 0. The molecule has 1 N–H and O–H groups in total. The van der Waals surface area contributed by atoms with Gasteiger partial charge in [-0.3, -0.25) is 0 Å². The lowest BCUT2D eigenvalue weighted by molar-refractivity contribution is -0.0873. The van der Waals surface area contributed by atoms with Crippen molar-refractivity contribution in [1.29, 1.82) is 5.26 Å². The number of nitrogens with zero attached hydrogens (tertiary/aromatic N) is 1. The Kier molecular flexibility index (Phi) is 2.49. The van der Waals surface area contributed by atoms with Gasteiger partial charge in [-0.15, -0.1) is 0 Å². The van der Waals surface area contributed by atoms with E-state index in [-0.39, 0.29) is 5.41 Å². The smallest absolute Gasteiger partial charge is 0.0693 e. The van der Waals surface area contributed by atoms with Gasteiger partial charge in [-0.05, 0) is 87.6 Å². The molecule has 1 saturated heterocycles. The minimum Gasteiger partial charge on any atom is -0.317 e. The number of rotatable bonds is 1. The summed E-state index contributed by atoms with van der Waals surface area (Å²) in [4.78, 5) is 0. The maximum atomic E-state index is 9.85. The third kappa shape index (κ3) is 1.50. The Hall–Kier alpha value is -0.550. The highest BCUT2D eigenvalue weighted by atomic mass is 14.9. The van der Waals surface area contributed by atoms with Crippen molar-refractivity contribution in [3.05, 3.63) is 0 Å². The van der Waals surface area contributed by atoms with Crippen molar-refractivity contribution in [1.82, 2.24) is 5.32 Å². The van der Waals surface area contributed by atoms with Crippen LogP contribution in [0.2, 0.25) is 0 Å². The Morgan fingerprint density at radius 3 is 1.94 bits per heavy atom. The molecule has 2 nitrogen and oxygen atoms in total. The zero-order valence-electron chi connectivity index (χ0n) is 11.2. The Labute approximate surface area is 110 Å². The molecule has 0 atom stereocenters. The van der Waals surface area contributed by atoms with Crippen molar-refractivity contribution in [2.75, 3.05) is 13.1 Å². The number of hydrogen-bond acceptors (Lipinski definition) is 2. The number of nitrogens with one attached hydrogen (secondary N) is 1. The molecular formula is C16H24N2. The second-order valence-corrected chi connectivity index (χ2v) is 7.47. The van der Waals surface area contributed by atoms with Crippen molar-refractivity contribution in [2.45, 2.75) is 44.9 Å². The molecular weight excluding hydrogens is 220 g/mol. The first-order valence-electron chi connectivity index (χ1n) is 7.93. The highest BCUT2D eigenvalue weighted by Crippen LogP contribution is 2.62. The van der Waals surface area contributed by atoms with Gasteiger partial charge in [-0.25, -0.2) is 0 Å². The summed E-state index contributed by atoms with van der Waals surface area (Å²) in [6.07, 6.45) is 9.54. The van der Waals surface area contributed by atoms with Crippen LogP contribution in [-0.4, -0.2) is 13.1 Å². The van der Waals surface area contributed by atoms with Crippen LogP contribution in [0.4, 0.5) is 0 Å². The average molecular weight is 244 g/mol. The molecule has 0 unspecified atom stereocenters. The number of nitriles is 1. The Morgan fingerprint density at radius 1 is 0.889 bits per heavy atom. The summed E-state index contributed by atoms with van der Waals surface area (Å²) in [7, 11) is 0. The summed E-state index contributed by atoms with van der Waals surface area (Å²) in [5.74, 6) is 4.61. The molecule has 5 aliphatic rings. The van der Waals surface area contributed by atoms with Crippen molar-refractivity contribution >= 4 is 0 Å². The fourth-order valence-electron chi connectivity index (χ4n) is 6.22. The topological polar surface area (TPSA) is 35.8 Å². The standard InChI is InChI=1S/C16H24N2/c17-10-16(1-3-18-4-2-16)15-13-6-11-5-12(8-13)9-14(15)7-11/h11-15,18H,1-9H2. The summed E-state index contributed by atoms with van der Waals surface area (Å²) in [6, 6.07) is 2.81. The summed E-state index contributed by atoms with van der Waals surface area (Å²) >= 11 is 0.